The normalized spacial score (nSPS) is 18.4. The minimum atomic E-state index is -0.0289. The lowest BCUT2D eigenvalue weighted by Gasteiger charge is -2.39. The Morgan fingerprint density at radius 1 is 1.03 bits per heavy atom. The Balaban J connectivity index is 0.00000385. The first-order valence-electron chi connectivity index (χ1n) is 12.3. The van der Waals surface area contributed by atoms with Gasteiger partial charge in [0.2, 0.25) is 5.91 Å². The number of aliphatic imine (C=N–C) groups is 1. The first kappa shape index (κ1) is 27.9. The molecule has 0 bridgehead atoms. The highest BCUT2D eigenvalue weighted by atomic mass is 127. The van der Waals surface area contributed by atoms with Crippen LogP contribution in [0.3, 0.4) is 0 Å². The molecule has 1 aromatic rings. The zero-order chi connectivity index (χ0) is 22.9. The maximum atomic E-state index is 12.7. The van der Waals surface area contributed by atoms with E-state index in [-0.39, 0.29) is 30.0 Å². The average molecular weight is 571 g/mol. The second kappa shape index (κ2) is 14.1. The number of benzene rings is 1. The molecule has 1 unspecified atom stereocenters. The smallest absolute Gasteiger partial charge is 0.239 e. The van der Waals surface area contributed by atoms with E-state index in [1.165, 1.54) is 11.1 Å². The number of likely N-dealkylation sites (tertiary alicyclic amines) is 1. The summed E-state index contributed by atoms with van der Waals surface area (Å²) in [6, 6.07) is 8.80. The summed E-state index contributed by atoms with van der Waals surface area (Å²) in [7, 11) is 1.85. The van der Waals surface area contributed by atoms with Crippen LogP contribution in [0.25, 0.3) is 0 Å². The van der Waals surface area contributed by atoms with Gasteiger partial charge in [-0.15, -0.1) is 24.0 Å². The number of amides is 1. The maximum Gasteiger partial charge on any atom is 0.239 e. The van der Waals surface area contributed by atoms with Crippen molar-refractivity contribution in [2.75, 3.05) is 59.4 Å². The van der Waals surface area contributed by atoms with Crippen LogP contribution in [0.15, 0.2) is 29.3 Å². The molecule has 0 aliphatic carbocycles. The van der Waals surface area contributed by atoms with E-state index in [9.17, 15) is 4.79 Å². The van der Waals surface area contributed by atoms with E-state index in [0.29, 0.717) is 5.91 Å². The Morgan fingerprint density at radius 3 is 2.27 bits per heavy atom. The fourth-order valence-corrected chi connectivity index (χ4v) is 4.74. The van der Waals surface area contributed by atoms with Crippen LogP contribution in [0.4, 0.5) is 0 Å². The summed E-state index contributed by atoms with van der Waals surface area (Å²) in [5.41, 5.74) is 2.63. The number of carbonyl (C=O) groups is 1. The summed E-state index contributed by atoms with van der Waals surface area (Å²) in [4.78, 5) is 26.4. The molecule has 1 atom stereocenters. The Hall–Kier alpha value is -1.39. The third kappa shape index (κ3) is 7.82. The van der Waals surface area contributed by atoms with Crippen LogP contribution in [0.5, 0.6) is 0 Å². The Labute approximate surface area is 217 Å². The SMILES string of the molecule is CCN(CC)Cc1cccc(CNC(=NC)N2CCN(C(C)C(=O)N3CCCC3)CC2)c1.I. The van der Waals surface area contributed by atoms with Crippen molar-refractivity contribution in [1.82, 2.24) is 24.9 Å². The van der Waals surface area contributed by atoms with Gasteiger partial charge in [-0.2, -0.15) is 0 Å². The molecule has 2 saturated heterocycles. The van der Waals surface area contributed by atoms with Gasteiger partial charge in [0, 0.05) is 59.4 Å². The van der Waals surface area contributed by atoms with E-state index in [4.69, 9.17) is 0 Å². The zero-order valence-electron chi connectivity index (χ0n) is 20.9. The molecule has 0 radical (unpaired) electrons. The number of rotatable bonds is 8. The average Bonchev–Trinajstić information content (AvgIpc) is 3.38. The zero-order valence-corrected chi connectivity index (χ0v) is 23.3. The van der Waals surface area contributed by atoms with Gasteiger partial charge >= 0.3 is 0 Å². The maximum absolute atomic E-state index is 12.7. The molecule has 0 saturated carbocycles. The lowest BCUT2D eigenvalue weighted by Crippen LogP contribution is -2.57. The second-order valence-corrected chi connectivity index (χ2v) is 8.91. The second-order valence-electron chi connectivity index (χ2n) is 8.91. The molecule has 0 aromatic heterocycles. The molecule has 2 heterocycles. The number of hydrogen-bond donors (Lipinski definition) is 1. The molecule has 8 heteroatoms. The van der Waals surface area contributed by atoms with Crippen molar-refractivity contribution in [2.45, 2.75) is 52.7 Å². The lowest BCUT2D eigenvalue weighted by atomic mass is 10.1. The molecular formula is C25H43IN6O. The summed E-state index contributed by atoms with van der Waals surface area (Å²) in [6.45, 7) is 15.8. The van der Waals surface area contributed by atoms with Gasteiger partial charge in [0.1, 0.15) is 0 Å². The molecule has 7 nitrogen and oxygen atoms in total. The first-order valence-corrected chi connectivity index (χ1v) is 12.3. The Morgan fingerprint density at radius 2 is 1.67 bits per heavy atom. The van der Waals surface area contributed by atoms with Gasteiger partial charge in [-0.25, -0.2) is 0 Å². The molecule has 2 aliphatic rings. The van der Waals surface area contributed by atoms with Crippen molar-refractivity contribution in [3.8, 4) is 0 Å². The van der Waals surface area contributed by atoms with E-state index in [0.717, 1.165) is 84.2 Å². The number of carbonyl (C=O) groups excluding carboxylic acids is 1. The van der Waals surface area contributed by atoms with E-state index >= 15 is 0 Å². The number of halogens is 1. The summed E-state index contributed by atoms with van der Waals surface area (Å²) >= 11 is 0. The van der Waals surface area contributed by atoms with Crippen LogP contribution in [0, 0.1) is 0 Å². The third-order valence-electron chi connectivity index (χ3n) is 6.89. The van der Waals surface area contributed by atoms with Crippen LogP contribution < -0.4 is 5.32 Å². The topological polar surface area (TPSA) is 54.4 Å². The van der Waals surface area contributed by atoms with Crippen LogP contribution in [0.2, 0.25) is 0 Å². The minimum absolute atomic E-state index is 0. The molecule has 1 amide bonds. The Bertz CT molecular complexity index is 755. The molecular weight excluding hydrogens is 527 g/mol. The highest BCUT2D eigenvalue weighted by Gasteiger charge is 2.30. The first-order chi connectivity index (χ1) is 15.5. The van der Waals surface area contributed by atoms with E-state index in [2.05, 4.69) is 70.0 Å². The quantitative estimate of drug-likeness (QED) is 0.296. The van der Waals surface area contributed by atoms with Crippen LogP contribution in [-0.4, -0.2) is 96.9 Å². The van der Waals surface area contributed by atoms with Crippen molar-refractivity contribution in [1.29, 1.82) is 0 Å². The molecule has 3 rings (SSSR count). The van der Waals surface area contributed by atoms with Crippen molar-refractivity contribution >= 4 is 35.8 Å². The van der Waals surface area contributed by atoms with Crippen molar-refractivity contribution in [2.24, 2.45) is 4.99 Å². The van der Waals surface area contributed by atoms with Gasteiger partial charge in [0.25, 0.3) is 0 Å². The molecule has 1 N–H and O–H groups in total. The van der Waals surface area contributed by atoms with Crippen molar-refractivity contribution in [3.63, 3.8) is 0 Å². The molecule has 186 valence electrons. The molecule has 33 heavy (non-hydrogen) atoms. The minimum Gasteiger partial charge on any atom is -0.352 e. The van der Waals surface area contributed by atoms with Gasteiger partial charge in [0.05, 0.1) is 6.04 Å². The number of hydrogen-bond acceptors (Lipinski definition) is 4. The predicted molar refractivity (Wildman–Crippen MR) is 147 cm³/mol. The molecule has 2 aliphatic heterocycles. The van der Waals surface area contributed by atoms with Gasteiger partial charge in [0.15, 0.2) is 5.96 Å². The van der Waals surface area contributed by atoms with Crippen molar-refractivity contribution < 1.29 is 4.79 Å². The molecule has 2 fully saturated rings. The number of guanidine groups is 1. The highest BCUT2D eigenvalue weighted by Crippen LogP contribution is 2.14. The molecule has 1 aromatic carbocycles. The fraction of sp³-hybridized carbons (Fsp3) is 0.680. The van der Waals surface area contributed by atoms with E-state index < -0.39 is 0 Å². The monoisotopic (exact) mass is 570 g/mol. The predicted octanol–water partition coefficient (Wildman–Crippen LogP) is 2.85. The summed E-state index contributed by atoms with van der Waals surface area (Å²) in [5, 5.41) is 3.54. The van der Waals surface area contributed by atoms with E-state index in [1.54, 1.807) is 0 Å². The summed E-state index contributed by atoms with van der Waals surface area (Å²) < 4.78 is 0. The highest BCUT2D eigenvalue weighted by molar-refractivity contribution is 14.0. The number of piperazine rings is 1. The van der Waals surface area contributed by atoms with Crippen LogP contribution in [-0.2, 0) is 17.9 Å². The van der Waals surface area contributed by atoms with Crippen LogP contribution in [0.1, 0.15) is 44.7 Å². The fourth-order valence-electron chi connectivity index (χ4n) is 4.74. The summed E-state index contributed by atoms with van der Waals surface area (Å²) in [5.74, 6) is 1.24. The van der Waals surface area contributed by atoms with Gasteiger partial charge < -0.3 is 15.1 Å². The van der Waals surface area contributed by atoms with Crippen molar-refractivity contribution in [3.05, 3.63) is 35.4 Å². The van der Waals surface area contributed by atoms with Gasteiger partial charge in [-0.1, -0.05) is 38.1 Å². The summed E-state index contributed by atoms with van der Waals surface area (Å²) in [6.07, 6.45) is 2.29. The van der Waals surface area contributed by atoms with Crippen LogP contribution >= 0.6 is 24.0 Å². The standard InChI is InChI=1S/C25H42N6O.HI/c1-5-28(6-2)20-23-11-9-10-22(18-23)19-27-25(26-4)31-16-14-29(15-17-31)21(3)24(32)30-12-7-8-13-30;/h9-11,18,21H,5-8,12-17,19-20H2,1-4H3,(H,26,27);1H. The Kier molecular flexibility index (Phi) is 11.9. The van der Waals surface area contributed by atoms with E-state index in [1.807, 2.05) is 11.9 Å². The molecule has 0 spiro atoms. The largest absolute Gasteiger partial charge is 0.352 e. The lowest BCUT2D eigenvalue weighted by molar-refractivity contribution is -0.135. The number of nitrogens with one attached hydrogen (secondary N) is 1. The third-order valence-corrected chi connectivity index (χ3v) is 6.89. The van der Waals surface area contributed by atoms with Gasteiger partial charge in [-0.05, 0) is 44.0 Å². The van der Waals surface area contributed by atoms with Gasteiger partial charge in [-0.3, -0.25) is 19.6 Å². The number of nitrogens with zero attached hydrogens (tertiary/aromatic N) is 5.